The van der Waals surface area contributed by atoms with E-state index in [0.29, 0.717) is 6.54 Å². The molecule has 0 saturated carbocycles. The van der Waals surface area contributed by atoms with Crippen LogP contribution in [0.15, 0.2) is 22.0 Å². The Morgan fingerprint density at radius 3 is 2.44 bits per heavy atom. The van der Waals surface area contributed by atoms with Gasteiger partial charge in [0.15, 0.2) is 0 Å². The molecule has 0 fully saturated rings. The molecule has 0 aliphatic rings. The number of aliphatic hydroxyl groups is 1. The van der Waals surface area contributed by atoms with Gasteiger partial charge in [-0.15, -0.1) is 0 Å². The fourth-order valence-corrected chi connectivity index (χ4v) is 1.45. The first-order valence-corrected chi connectivity index (χ1v) is 5.90. The number of hydrogen-bond donors (Lipinski definition) is 2. The Balaban J connectivity index is 2.72. The monoisotopic (exact) mass is 255 g/mol. The molecule has 1 aromatic rings. The number of aromatic nitrogens is 2. The topological polar surface area (TPSA) is 76.3 Å². The SMILES string of the molecule is Cn1ccn(CC(O)CNC(C)(C)C)c(=O)c1=O. The quantitative estimate of drug-likeness (QED) is 0.697. The van der Waals surface area contributed by atoms with E-state index in [2.05, 4.69) is 5.32 Å². The maximum Gasteiger partial charge on any atom is 0.316 e. The standard InChI is InChI=1S/C12H21N3O3/c1-12(2,3)13-7-9(16)8-15-6-5-14(4)10(17)11(15)18/h5-6,9,13,16H,7-8H2,1-4H3. The summed E-state index contributed by atoms with van der Waals surface area (Å²) in [5, 5.41) is 13.0. The maximum absolute atomic E-state index is 11.6. The molecule has 0 amide bonds. The lowest BCUT2D eigenvalue weighted by atomic mass is 10.1. The van der Waals surface area contributed by atoms with Gasteiger partial charge >= 0.3 is 11.1 Å². The molecule has 6 nitrogen and oxygen atoms in total. The highest BCUT2D eigenvalue weighted by molar-refractivity contribution is 4.85. The molecular formula is C12H21N3O3. The summed E-state index contributed by atoms with van der Waals surface area (Å²) in [4.78, 5) is 23.0. The van der Waals surface area contributed by atoms with Gasteiger partial charge < -0.3 is 19.6 Å². The Kier molecular flexibility index (Phi) is 4.48. The number of aryl methyl sites for hydroxylation is 1. The number of β-amino-alcohol motifs (C(OH)–C–C–N with tert-alkyl or cyclic N) is 1. The van der Waals surface area contributed by atoms with E-state index in [0.717, 1.165) is 0 Å². The number of hydrogen-bond acceptors (Lipinski definition) is 4. The van der Waals surface area contributed by atoms with Crippen LogP contribution in [0.1, 0.15) is 20.8 Å². The Bertz CT molecular complexity index is 511. The summed E-state index contributed by atoms with van der Waals surface area (Å²) in [6, 6.07) is 0. The molecule has 6 heteroatoms. The first-order chi connectivity index (χ1) is 8.20. The van der Waals surface area contributed by atoms with Crippen LogP contribution in [-0.4, -0.2) is 32.4 Å². The van der Waals surface area contributed by atoms with Crippen LogP contribution in [0.2, 0.25) is 0 Å². The van der Waals surface area contributed by atoms with Crippen molar-refractivity contribution < 1.29 is 5.11 Å². The zero-order chi connectivity index (χ0) is 13.9. The molecule has 0 aromatic carbocycles. The van der Waals surface area contributed by atoms with Crippen molar-refractivity contribution in [3.8, 4) is 0 Å². The zero-order valence-electron chi connectivity index (χ0n) is 11.3. The molecule has 2 N–H and O–H groups in total. The van der Waals surface area contributed by atoms with E-state index in [4.69, 9.17) is 0 Å². The predicted octanol–water partition coefficient (Wildman–Crippen LogP) is -0.704. The van der Waals surface area contributed by atoms with Crippen molar-refractivity contribution in [1.29, 1.82) is 0 Å². The molecule has 0 aliphatic carbocycles. The van der Waals surface area contributed by atoms with Crippen LogP contribution in [0.4, 0.5) is 0 Å². The second-order valence-electron chi connectivity index (χ2n) is 5.46. The Morgan fingerprint density at radius 1 is 1.28 bits per heavy atom. The lowest BCUT2D eigenvalue weighted by Crippen LogP contribution is -2.45. The minimum Gasteiger partial charge on any atom is -0.390 e. The highest BCUT2D eigenvalue weighted by Crippen LogP contribution is 1.98. The van der Waals surface area contributed by atoms with E-state index in [1.165, 1.54) is 28.6 Å². The van der Waals surface area contributed by atoms with E-state index in [1.54, 1.807) is 0 Å². The van der Waals surface area contributed by atoms with Crippen molar-refractivity contribution in [2.45, 2.75) is 39.0 Å². The third-order valence-electron chi connectivity index (χ3n) is 2.51. The molecule has 0 radical (unpaired) electrons. The van der Waals surface area contributed by atoms with Gasteiger partial charge in [-0.1, -0.05) is 0 Å². The van der Waals surface area contributed by atoms with Gasteiger partial charge in [-0.25, -0.2) is 0 Å². The van der Waals surface area contributed by atoms with E-state index < -0.39 is 17.2 Å². The van der Waals surface area contributed by atoms with Gasteiger partial charge in [-0.2, -0.15) is 0 Å². The summed E-state index contributed by atoms with van der Waals surface area (Å²) in [6.45, 7) is 6.45. The second-order valence-corrected chi connectivity index (χ2v) is 5.46. The van der Waals surface area contributed by atoms with Crippen LogP contribution >= 0.6 is 0 Å². The number of rotatable bonds is 4. The largest absolute Gasteiger partial charge is 0.390 e. The van der Waals surface area contributed by atoms with Crippen molar-refractivity contribution in [3.05, 3.63) is 33.1 Å². The van der Waals surface area contributed by atoms with Crippen molar-refractivity contribution >= 4 is 0 Å². The van der Waals surface area contributed by atoms with Crippen molar-refractivity contribution in [2.75, 3.05) is 6.54 Å². The van der Waals surface area contributed by atoms with Crippen LogP contribution in [0.5, 0.6) is 0 Å². The summed E-state index contributed by atoms with van der Waals surface area (Å²) >= 11 is 0. The van der Waals surface area contributed by atoms with Crippen LogP contribution < -0.4 is 16.4 Å². The Morgan fingerprint density at radius 2 is 1.89 bits per heavy atom. The normalized spacial score (nSPS) is 13.6. The highest BCUT2D eigenvalue weighted by atomic mass is 16.3. The average molecular weight is 255 g/mol. The van der Waals surface area contributed by atoms with Gasteiger partial charge in [0.1, 0.15) is 0 Å². The summed E-state index contributed by atoms with van der Waals surface area (Å²) in [7, 11) is 1.52. The molecule has 1 rings (SSSR count). The summed E-state index contributed by atoms with van der Waals surface area (Å²) in [5.74, 6) is 0. The minimum atomic E-state index is -0.714. The average Bonchev–Trinajstić information content (AvgIpc) is 2.26. The third kappa shape index (κ3) is 4.12. The number of aliphatic hydroxyl groups excluding tert-OH is 1. The fraction of sp³-hybridized carbons (Fsp3) is 0.667. The fourth-order valence-electron chi connectivity index (χ4n) is 1.45. The maximum atomic E-state index is 11.6. The molecule has 102 valence electrons. The summed E-state index contributed by atoms with van der Waals surface area (Å²) in [5.41, 5.74) is -1.30. The molecule has 1 aromatic heterocycles. The zero-order valence-corrected chi connectivity index (χ0v) is 11.3. The van der Waals surface area contributed by atoms with Gasteiger partial charge in [0.25, 0.3) is 0 Å². The third-order valence-corrected chi connectivity index (χ3v) is 2.51. The molecule has 0 aliphatic heterocycles. The Hall–Kier alpha value is -1.40. The molecule has 0 spiro atoms. The van der Waals surface area contributed by atoms with Gasteiger partial charge in [0.2, 0.25) is 0 Å². The molecule has 1 unspecified atom stereocenters. The molecule has 18 heavy (non-hydrogen) atoms. The first kappa shape index (κ1) is 14.7. The number of nitrogens with zero attached hydrogens (tertiary/aromatic N) is 2. The van der Waals surface area contributed by atoms with Crippen LogP contribution in [0, 0.1) is 0 Å². The summed E-state index contributed by atoms with van der Waals surface area (Å²) in [6.07, 6.45) is 2.30. The van der Waals surface area contributed by atoms with Crippen LogP contribution in [0.3, 0.4) is 0 Å². The first-order valence-electron chi connectivity index (χ1n) is 5.90. The van der Waals surface area contributed by atoms with Gasteiger partial charge in [0.05, 0.1) is 12.6 Å². The van der Waals surface area contributed by atoms with Gasteiger partial charge in [-0.3, -0.25) is 9.59 Å². The lowest BCUT2D eigenvalue weighted by Gasteiger charge is -2.23. The highest BCUT2D eigenvalue weighted by Gasteiger charge is 2.13. The molecule has 1 heterocycles. The molecule has 0 saturated heterocycles. The molecular weight excluding hydrogens is 234 g/mol. The van der Waals surface area contributed by atoms with Crippen molar-refractivity contribution in [1.82, 2.24) is 14.5 Å². The smallest absolute Gasteiger partial charge is 0.316 e. The number of nitrogens with one attached hydrogen (secondary N) is 1. The van der Waals surface area contributed by atoms with Gasteiger partial charge in [-0.05, 0) is 20.8 Å². The van der Waals surface area contributed by atoms with E-state index in [-0.39, 0.29) is 12.1 Å². The van der Waals surface area contributed by atoms with Crippen LogP contribution in [0.25, 0.3) is 0 Å². The van der Waals surface area contributed by atoms with E-state index in [9.17, 15) is 14.7 Å². The van der Waals surface area contributed by atoms with E-state index in [1.807, 2.05) is 20.8 Å². The predicted molar refractivity (Wildman–Crippen MR) is 69.7 cm³/mol. The minimum absolute atomic E-state index is 0.0984. The van der Waals surface area contributed by atoms with E-state index >= 15 is 0 Å². The molecule has 1 atom stereocenters. The van der Waals surface area contributed by atoms with Crippen LogP contribution in [-0.2, 0) is 13.6 Å². The van der Waals surface area contributed by atoms with Gasteiger partial charge in [0, 0.05) is 31.5 Å². The summed E-state index contributed by atoms with van der Waals surface area (Å²) < 4.78 is 2.45. The molecule has 0 bridgehead atoms. The Labute approximate surface area is 106 Å². The second kappa shape index (κ2) is 5.49. The van der Waals surface area contributed by atoms with Crippen molar-refractivity contribution in [3.63, 3.8) is 0 Å². The lowest BCUT2D eigenvalue weighted by molar-refractivity contribution is 0.140. The van der Waals surface area contributed by atoms with Crippen molar-refractivity contribution in [2.24, 2.45) is 7.05 Å².